The molecule has 136 valence electrons. The number of nitrogens with one attached hydrogen (secondary N) is 2. The maximum absolute atomic E-state index is 12.3. The van der Waals surface area contributed by atoms with Gasteiger partial charge >= 0.3 is 0 Å². The standard InChI is InChI=1S/C18H25ClN4O2/c19-15-3-5-16(6-4-15)22-8-10-23(11-9-22)17(24)13-21-18(25)14-2-1-7-20-12-14/h3-6,14,20H,1-2,7-13H2,(H,21,25). The van der Waals surface area contributed by atoms with Crippen molar-refractivity contribution >= 4 is 29.1 Å². The number of carbonyl (C=O) groups is 2. The predicted molar refractivity (Wildman–Crippen MR) is 98.8 cm³/mol. The molecule has 1 unspecified atom stereocenters. The summed E-state index contributed by atoms with van der Waals surface area (Å²) in [5.41, 5.74) is 1.12. The Morgan fingerprint density at radius 3 is 2.52 bits per heavy atom. The molecule has 6 nitrogen and oxygen atoms in total. The number of piperazine rings is 1. The molecule has 3 rings (SSSR count). The van der Waals surface area contributed by atoms with Gasteiger partial charge in [0, 0.05) is 43.4 Å². The minimum absolute atomic E-state index is 0.00660. The van der Waals surface area contributed by atoms with Crippen LogP contribution in [0.25, 0.3) is 0 Å². The van der Waals surface area contributed by atoms with Gasteiger partial charge in [-0.05, 0) is 43.7 Å². The van der Waals surface area contributed by atoms with E-state index < -0.39 is 0 Å². The van der Waals surface area contributed by atoms with Crippen molar-refractivity contribution in [2.24, 2.45) is 5.92 Å². The van der Waals surface area contributed by atoms with E-state index in [-0.39, 0.29) is 24.3 Å². The molecule has 2 saturated heterocycles. The van der Waals surface area contributed by atoms with Gasteiger partial charge in [-0.25, -0.2) is 0 Å². The zero-order valence-corrected chi connectivity index (χ0v) is 15.1. The number of anilines is 1. The van der Waals surface area contributed by atoms with Crippen LogP contribution in [0.2, 0.25) is 5.02 Å². The van der Waals surface area contributed by atoms with Gasteiger partial charge in [0.25, 0.3) is 0 Å². The monoisotopic (exact) mass is 364 g/mol. The summed E-state index contributed by atoms with van der Waals surface area (Å²) in [7, 11) is 0. The van der Waals surface area contributed by atoms with Gasteiger partial charge in [0.1, 0.15) is 0 Å². The van der Waals surface area contributed by atoms with E-state index in [1.54, 1.807) is 0 Å². The Kier molecular flexibility index (Phi) is 6.15. The van der Waals surface area contributed by atoms with Crippen molar-refractivity contribution < 1.29 is 9.59 Å². The Labute approximate surface area is 153 Å². The summed E-state index contributed by atoms with van der Waals surface area (Å²) in [6.07, 6.45) is 1.91. The second kappa shape index (κ2) is 8.54. The molecule has 2 fully saturated rings. The third-order valence-electron chi connectivity index (χ3n) is 4.91. The van der Waals surface area contributed by atoms with Gasteiger partial charge in [0.05, 0.1) is 12.5 Å². The molecule has 2 heterocycles. The largest absolute Gasteiger partial charge is 0.368 e. The summed E-state index contributed by atoms with van der Waals surface area (Å²) < 4.78 is 0. The molecule has 25 heavy (non-hydrogen) atoms. The van der Waals surface area contributed by atoms with Gasteiger partial charge < -0.3 is 20.4 Å². The molecule has 1 aromatic rings. The van der Waals surface area contributed by atoms with Gasteiger partial charge in [-0.2, -0.15) is 0 Å². The van der Waals surface area contributed by atoms with E-state index >= 15 is 0 Å². The first-order valence-electron chi connectivity index (χ1n) is 8.90. The number of hydrogen-bond donors (Lipinski definition) is 2. The molecule has 7 heteroatoms. The van der Waals surface area contributed by atoms with Crippen molar-refractivity contribution in [3.8, 4) is 0 Å². The Balaban J connectivity index is 1.42. The Morgan fingerprint density at radius 2 is 1.88 bits per heavy atom. The molecule has 1 aromatic carbocycles. The first-order chi connectivity index (χ1) is 12.1. The van der Waals surface area contributed by atoms with E-state index in [2.05, 4.69) is 15.5 Å². The van der Waals surface area contributed by atoms with Crippen LogP contribution in [0, 0.1) is 5.92 Å². The number of benzene rings is 1. The predicted octanol–water partition coefficient (Wildman–Crippen LogP) is 1.10. The smallest absolute Gasteiger partial charge is 0.242 e. The average molecular weight is 365 g/mol. The molecule has 0 spiro atoms. The highest BCUT2D eigenvalue weighted by Gasteiger charge is 2.24. The fourth-order valence-electron chi connectivity index (χ4n) is 3.36. The van der Waals surface area contributed by atoms with Crippen molar-refractivity contribution in [1.82, 2.24) is 15.5 Å². The quantitative estimate of drug-likeness (QED) is 0.840. The van der Waals surface area contributed by atoms with E-state index in [1.807, 2.05) is 29.2 Å². The molecule has 0 aliphatic carbocycles. The van der Waals surface area contributed by atoms with Crippen LogP contribution in [0.15, 0.2) is 24.3 Å². The first-order valence-corrected chi connectivity index (χ1v) is 9.28. The number of rotatable bonds is 4. The fourth-order valence-corrected chi connectivity index (χ4v) is 3.49. The molecule has 0 bridgehead atoms. The van der Waals surface area contributed by atoms with Crippen molar-refractivity contribution in [3.63, 3.8) is 0 Å². The summed E-state index contributed by atoms with van der Waals surface area (Å²) in [6.45, 7) is 4.68. The lowest BCUT2D eigenvalue weighted by molar-refractivity contribution is -0.134. The van der Waals surface area contributed by atoms with E-state index in [0.29, 0.717) is 19.6 Å². The lowest BCUT2D eigenvalue weighted by Crippen LogP contribution is -2.52. The molecule has 2 N–H and O–H groups in total. The molecule has 0 aromatic heterocycles. The Morgan fingerprint density at radius 1 is 1.16 bits per heavy atom. The summed E-state index contributed by atoms with van der Waals surface area (Å²) in [6, 6.07) is 7.75. The van der Waals surface area contributed by atoms with Crippen molar-refractivity contribution in [2.75, 3.05) is 50.7 Å². The van der Waals surface area contributed by atoms with E-state index in [1.165, 1.54) is 0 Å². The SMILES string of the molecule is O=C(NCC(=O)N1CCN(c2ccc(Cl)cc2)CC1)C1CCCNC1. The lowest BCUT2D eigenvalue weighted by atomic mass is 9.99. The van der Waals surface area contributed by atoms with Crippen LogP contribution in [-0.4, -0.2) is 62.5 Å². The maximum atomic E-state index is 12.3. The number of hydrogen-bond acceptors (Lipinski definition) is 4. The maximum Gasteiger partial charge on any atom is 0.242 e. The normalized spacial score (nSPS) is 21.1. The molecule has 0 saturated carbocycles. The Hall–Kier alpha value is -1.79. The summed E-state index contributed by atoms with van der Waals surface area (Å²) in [5, 5.41) is 6.74. The van der Waals surface area contributed by atoms with E-state index in [4.69, 9.17) is 11.6 Å². The van der Waals surface area contributed by atoms with E-state index in [0.717, 1.165) is 43.2 Å². The van der Waals surface area contributed by atoms with Gasteiger partial charge in [-0.3, -0.25) is 9.59 Å². The van der Waals surface area contributed by atoms with Crippen LogP contribution >= 0.6 is 11.6 Å². The minimum Gasteiger partial charge on any atom is -0.368 e. The molecule has 1 atom stereocenters. The highest BCUT2D eigenvalue weighted by molar-refractivity contribution is 6.30. The van der Waals surface area contributed by atoms with Crippen LogP contribution in [0.1, 0.15) is 12.8 Å². The van der Waals surface area contributed by atoms with Gasteiger partial charge in [-0.1, -0.05) is 11.6 Å². The molecule has 2 aliphatic heterocycles. The van der Waals surface area contributed by atoms with Crippen molar-refractivity contribution in [3.05, 3.63) is 29.3 Å². The van der Waals surface area contributed by atoms with Gasteiger partial charge in [0.15, 0.2) is 0 Å². The molecular formula is C18H25ClN4O2. The number of halogens is 1. The van der Waals surface area contributed by atoms with Gasteiger partial charge in [-0.15, -0.1) is 0 Å². The third-order valence-corrected chi connectivity index (χ3v) is 5.16. The van der Waals surface area contributed by atoms with Crippen molar-refractivity contribution in [1.29, 1.82) is 0 Å². The zero-order chi connectivity index (χ0) is 17.6. The van der Waals surface area contributed by atoms with Crippen LogP contribution < -0.4 is 15.5 Å². The highest BCUT2D eigenvalue weighted by atomic mass is 35.5. The minimum atomic E-state index is -0.0136. The molecular weight excluding hydrogens is 340 g/mol. The highest BCUT2D eigenvalue weighted by Crippen LogP contribution is 2.19. The lowest BCUT2D eigenvalue weighted by Gasteiger charge is -2.36. The molecule has 0 radical (unpaired) electrons. The second-order valence-electron chi connectivity index (χ2n) is 6.61. The number of amides is 2. The molecule has 2 amide bonds. The van der Waals surface area contributed by atoms with Crippen LogP contribution in [0.5, 0.6) is 0 Å². The third kappa shape index (κ3) is 4.86. The summed E-state index contributed by atoms with van der Waals surface area (Å²) in [4.78, 5) is 28.5. The summed E-state index contributed by atoms with van der Waals surface area (Å²) in [5.74, 6) is -0.0310. The number of nitrogens with zero attached hydrogens (tertiary/aromatic N) is 2. The second-order valence-corrected chi connectivity index (χ2v) is 7.04. The molecule has 2 aliphatic rings. The van der Waals surface area contributed by atoms with Crippen LogP contribution in [0.3, 0.4) is 0 Å². The Bertz CT molecular complexity index is 594. The topological polar surface area (TPSA) is 64.7 Å². The van der Waals surface area contributed by atoms with Crippen LogP contribution in [-0.2, 0) is 9.59 Å². The number of piperidine rings is 1. The van der Waals surface area contributed by atoms with Crippen molar-refractivity contribution in [2.45, 2.75) is 12.8 Å². The summed E-state index contributed by atoms with van der Waals surface area (Å²) >= 11 is 5.92. The fraction of sp³-hybridized carbons (Fsp3) is 0.556. The number of carbonyl (C=O) groups excluding carboxylic acids is 2. The first kappa shape index (κ1) is 18.0. The zero-order valence-electron chi connectivity index (χ0n) is 14.3. The van der Waals surface area contributed by atoms with E-state index in [9.17, 15) is 9.59 Å². The average Bonchev–Trinajstić information content (AvgIpc) is 2.67. The van der Waals surface area contributed by atoms with Crippen LogP contribution in [0.4, 0.5) is 5.69 Å². The van der Waals surface area contributed by atoms with Gasteiger partial charge in [0.2, 0.25) is 11.8 Å².